The van der Waals surface area contributed by atoms with E-state index in [1.54, 1.807) is 6.92 Å². The van der Waals surface area contributed by atoms with Crippen molar-refractivity contribution < 1.29 is 19.0 Å². The van der Waals surface area contributed by atoms with Gasteiger partial charge in [-0.3, -0.25) is 0 Å². The summed E-state index contributed by atoms with van der Waals surface area (Å²) >= 11 is 0. The molecule has 1 unspecified atom stereocenters. The van der Waals surface area contributed by atoms with Crippen molar-refractivity contribution in [3.8, 4) is 11.1 Å². The molecule has 1 fully saturated rings. The third kappa shape index (κ3) is 5.15. The van der Waals surface area contributed by atoms with E-state index in [-0.39, 0.29) is 6.61 Å². The van der Waals surface area contributed by atoms with Gasteiger partial charge in [-0.15, -0.1) is 0 Å². The van der Waals surface area contributed by atoms with Gasteiger partial charge in [0.05, 0.1) is 26.4 Å². The summed E-state index contributed by atoms with van der Waals surface area (Å²) < 4.78 is 16.8. The molecule has 1 heterocycles. The molecule has 0 bridgehead atoms. The monoisotopic (exact) mass is 403 g/mol. The van der Waals surface area contributed by atoms with Crippen LogP contribution in [0.2, 0.25) is 0 Å². The number of esters is 1. The smallest absolute Gasteiger partial charge is 0.345 e. The molecule has 1 aliphatic heterocycles. The third-order valence-electron chi connectivity index (χ3n) is 4.82. The summed E-state index contributed by atoms with van der Waals surface area (Å²) in [6, 6.07) is 28.5. The minimum Gasteiger partial charge on any atom is -0.464 e. The molecule has 1 radical (unpaired) electrons. The molecule has 0 spiro atoms. The predicted octanol–water partition coefficient (Wildman–Crippen LogP) is 4.95. The van der Waals surface area contributed by atoms with Gasteiger partial charge in [0.2, 0.25) is 5.60 Å². The van der Waals surface area contributed by atoms with Crippen LogP contribution in [-0.2, 0) is 24.6 Å². The Hall–Kier alpha value is -2.95. The molecule has 3 aromatic rings. The molecule has 4 heteroatoms. The highest BCUT2D eigenvalue weighted by atomic mass is 16.6. The zero-order valence-corrected chi connectivity index (χ0v) is 17.5. The summed E-state index contributed by atoms with van der Waals surface area (Å²) in [6.45, 7) is 5.15. The average Bonchev–Trinajstić information content (AvgIpc) is 2.82. The van der Waals surface area contributed by atoms with Gasteiger partial charge in [-0.05, 0) is 31.0 Å². The quantitative estimate of drug-likeness (QED) is 0.578. The fraction of sp³-hybridized carbons (Fsp3) is 0.269. The molecule has 30 heavy (non-hydrogen) atoms. The Bertz CT molecular complexity index is 887. The van der Waals surface area contributed by atoms with Crippen LogP contribution in [0.25, 0.3) is 11.1 Å². The van der Waals surface area contributed by atoms with Crippen molar-refractivity contribution in [2.24, 2.45) is 0 Å². The summed E-state index contributed by atoms with van der Waals surface area (Å²) in [6.07, 6.45) is 0. The Morgan fingerprint density at radius 3 is 2.30 bits per heavy atom. The van der Waals surface area contributed by atoms with E-state index in [4.69, 9.17) is 14.2 Å². The molecule has 0 aliphatic carbocycles. The van der Waals surface area contributed by atoms with E-state index in [0.717, 1.165) is 16.7 Å². The highest BCUT2D eigenvalue weighted by molar-refractivity contribution is 5.85. The maximum absolute atomic E-state index is 12.7. The second kappa shape index (κ2) is 10.7. The Labute approximate surface area is 178 Å². The van der Waals surface area contributed by atoms with Crippen molar-refractivity contribution in [3.05, 3.63) is 96.1 Å². The van der Waals surface area contributed by atoms with E-state index in [2.05, 4.69) is 30.3 Å². The van der Waals surface area contributed by atoms with Crippen LogP contribution in [0.5, 0.6) is 0 Å². The number of rotatable bonds is 4. The highest BCUT2D eigenvalue weighted by Crippen LogP contribution is 2.37. The molecule has 1 atom stereocenters. The van der Waals surface area contributed by atoms with E-state index in [9.17, 15) is 4.79 Å². The number of carbonyl (C=O) groups is 1. The van der Waals surface area contributed by atoms with Gasteiger partial charge in [-0.1, -0.05) is 84.4 Å². The van der Waals surface area contributed by atoms with Gasteiger partial charge < -0.3 is 14.2 Å². The number of hydrogen-bond acceptors (Lipinski definition) is 4. The molecule has 4 nitrogen and oxygen atoms in total. The van der Waals surface area contributed by atoms with Crippen LogP contribution in [0.15, 0.2) is 78.9 Å². The lowest BCUT2D eigenvalue weighted by atomic mass is 9.86. The normalized spacial score (nSPS) is 18.1. The van der Waals surface area contributed by atoms with E-state index in [0.29, 0.717) is 19.8 Å². The van der Waals surface area contributed by atoms with Crippen molar-refractivity contribution in [1.82, 2.24) is 0 Å². The summed E-state index contributed by atoms with van der Waals surface area (Å²) in [5, 5.41) is 0. The zero-order valence-electron chi connectivity index (χ0n) is 17.5. The van der Waals surface area contributed by atoms with Crippen LogP contribution in [0, 0.1) is 13.0 Å². The second-order valence-electron chi connectivity index (χ2n) is 6.94. The molecule has 1 aliphatic rings. The van der Waals surface area contributed by atoms with E-state index >= 15 is 0 Å². The largest absolute Gasteiger partial charge is 0.464 e. The lowest BCUT2D eigenvalue weighted by Crippen LogP contribution is -2.48. The summed E-state index contributed by atoms with van der Waals surface area (Å²) in [5.41, 5.74) is 2.75. The Morgan fingerprint density at radius 1 is 1.00 bits per heavy atom. The standard InChI is InChI=1S/C20H22O4.C6H5/c1-3-23-19(21)20(14-22-12-13-24-20)18-7-5-4-6-17(18)16-10-8-15(2)9-11-16;1-2-4-6-5-3-1/h4-11H,3,12-14H2,1-2H3;1-5H. The number of hydrogen-bond donors (Lipinski definition) is 0. The zero-order chi connectivity index (χ0) is 21.2. The van der Waals surface area contributed by atoms with Gasteiger partial charge >= 0.3 is 5.97 Å². The first-order chi connectivity index (χ1) is 14.7. The lowest BCUT2D eigenvalue weighted by Gasteiger charge is -2.36. The molecule has 0 saturated carbocycles. The van der Waals surface area contributed by atoms with Crippen LogP contribution < -0.4 is 0 Å². The van der Waals surface area contributed by atoms with Gasteiger partial charge in [0.25, 0.3) is 0 Å². The van der Waals surface area contributed by atoms with Crippen molar-refractivity contribution in [3.63, 3.8) is 0 Å². The molecule has 3 aromatic carbocycles. The minimum atomic E-state index is -1.21. The third-order valence-corrected chi connectivity index (χ3v) is 4.82. The predicted molar refractivity (Wildman–Crippen MR) is 117 cm³/mol. The molecule has 0 amide bonds. The molecular formula is C26H27O4. The first-order valence-corrected chi connectivity index (χ1v) is 10.1. The fourth-order valence-corrected chi connectivity index (χ4v) is 3.33. The summed E-state index contributed by atoms with van der Waals surface area (Å²) in [5.74, 6) is -0.399. The Balaban J connectivity index is 0.000000367. The number of ether oxygens (including phenoxy) is 3. The molecule has 0 aromatic heterocycles. The maximum Gasteiger partial charge on any atom is 0.345 e. The maximum atomic E-state index is 12.7. The van der Waals surface area contributed by atoms with Gasteiger partial charge in [0.15, 0.2) is 0 Å². The first-order valence-electron chi connectivity index (χ1n) is 10.1. The molecule has 1 saturated heterocycles. The SMILES string of the molecule is CCOC(=O)C1(c2ccccc2-c2ccc(C)cc2)COCCO1.[c]1ccccc1. The topological polar surface area (TPSA) is 44.8 Å². The van der Waals surface area contributed by atoms with Crippen LogP contribution in [0.3, 0.4) is 0 Å². The number of benzene rings is 3. The number of aryl methyl sites for hydroxylation is 1. The summed E-state index contributed by atoms with van der Waals surface area (Å²) in [7, 11) is 0. The van der Waals surface area contributed by atoms with Crippen molar-refractivity contribution in [1.29, 1.82) is 0 Å². The second-order valence-corrected chi connectivity index (χ2v) is 6.94. The van der Waals surface area contributed by atoms with Crippen LogP contribution >= 0.6 is 0 Å². The minimum absolute atomic E-state index is 0.161. The van der Waals surface area contributed by atoms with E-state index < -0.39 is 11.6 Å². The average molecular weight is 403 g/mol. The van der Waals surface area contributed by atoms with Gasteiger partial charge in [0.1, 0.15) is 0 Å². The van der Waals surface area contributed by atoms with Gasteiger partial charge in [-0.2, -0.15) is 0 Å². The lowest BCUT2D eigenvalue weighted by molar-refractivity contribution is -0.202. The first kappa shape index (κ1) is 21.8. The molecular weight excluding hydrogens is 376 g/mol. The van der Waals surface area contributed by atoms with Crippen molar-refractivity contribution in [2.45, 2.75) is 19.4 Å². The Morgan fingerprint density at radius 2 is 1.73 bits per heavy atom. The van der Waals surface area contributed by atoms with Gasteiger partial charge in [-0.25, -0.2) is 4.79 Å². The Kier molecular flexibility index (Phi) is 7.77. The molecule has 0 N–H and O–H groups in total. The van der Waals surface area contributed by atoms with Crippen LogP contribution in [0.1, 0.15) is 18.1 Å². The number of carbonyl (C=O) groups excluding carboxylic acids is 1. The van der Waals surface area contributed by atoms with Crippen molar-refractivity contribution >= 4 is 5.97 Å². The van der Waals surface area contributed by atoms with Crippen LogP contribution in [0.4, 0.5) is 0 Å². The highest BCUT2D eigenvalue weighted by Gasteiger charge is 2.46. The molecule has 4 rings (SSSR count). The van der Waals surface area contributed by atoms with Crippen LogP contribution in [-0.4, -0.2) is 32.4 Å². The van der Waals surface area contributed by atoms with Crippen molar-refractivity contribution in [2.75, 3.05) is 26.4 Å². The van der Waals surface area contributed by atoms with Gasteiger partial charge in [0, 0.05) is 5.56 Å². The molecule has 155 valence electrons. The fourth-order valence-electron chi connectivity index (χ4n) is 3.33. The summed E-state index contributed by atoms with van der Waals surface area (Å²) in [4.78, 5) is 12.7. The van der Waals surface area contributed by atoms with E-state index in [1.807, 2.05) is 61.5 Å². The van der Waals surface area contributed by atoms with E-state index in [1.165, 1.54) is 5.56 Å².